The van der Waals surface area contributed by atoms with Gasteiger partial charge in [0, 0.05) is 13.0 Å². The summed E-state index contributed by atoms with van der Waals surface area (Å²) in [6.07, 6.45) is 2.26. The number of hydrogen-bond acceptors (Lipinski definition) is 2. The Bertz CT molecular complexity index is 159. The smallest absolute Gasteiger partial charge is 0.234 e. The Morgan fingerprint density at radius 3 is 2.50 bits per heavy atom. The van der Waals surface area contributed by atoms with E-state index in [1.165, 1.54) is 0 Å². The molecule has 70 valence electrons. The van der Waals surface area contributed by atoms with Gasteiger partial charge < -0.3 is 10.1 Å². The summed E-state index contributed by atoms with van der Waals surface area (Å²) in [7, 11) is 0. The number of hydrogen-bond donors (Lipinski definition) is 1. The van der Waals surface area contributed by atoms with Gasteiger partial charge in [0.1, 0.15) is 11.7 Å². The Morgan fingerprint density at radius 1 is 1.33 bits per heavy atom. The van der Waals surface area contributed by atoms with Crippen LogP contribution in [0.25, 0.3) is 0 Å². The highest BCUT2D eigenvalue weighted by atomic mass is 35.5. The van der Waals surface area contributed by atoms with E-state index in [1.807, 2.05) is 0 Å². The van der Waals surface area contributed by atoms with Gasteiger partial charge in [0.15, 0.2) is 0 Å². The average Bonchev–Trinajstić information content (AvgIpc) is 2.03. The van der Waals surface area contributed by atoms with Gasteiger partial charge >= 0.3 is 0 Å². The first kappa shape index (κ1) is 11.4. The maximum Gasteiger partial charge on any atom is 0.234 e. The summed E-state index contributed by atoms with van der Waals surface area (Å²) in [4.78, 5) is 21.1. The van der Waals surface area contributed by atoms with E-state index in [4.69, 9.17) is 11.6 Å². The Balaban J connectivity index is 3.11. The van der Waals surface area contributed by atoms with Gasteiger partial charge in [-0.2, -0.15) is 0 Å². The maximum absolute atomic E-state index is 10.6. The molecule has 3 nitrogen and oxygen atoms in total. The summed E-state index contributed by atoms with van der Waals surface area (Å²) in [5.74, 6) is 0.0466. The minimum absolute atomic E-state index is 0.00666. The quantitative estimate of drug-likeness (QED) is 0.505. The van der Waals surface area contributed by atoms with Crippen molar-refractivity contribution in [1.82, 2.24) is 5.32 Å². The van der Waals surface area contributed by atoms with Crippen LogP contribution in [0.5, 0.6) is 0 Å². The number of Topliss-reactive ketones (excluding diaryl/α,β-unsaturated/α-hetero) is 1. The fraction of sp³-hybridized carbons (Fsp3) is 0.750. The first-order valence-corrected chi connectivity index (χ1v) is 4.52. The largest absolute Gasteiger partial charge is 0.355 e. The molecule has 0 aromatic rings. The number of carbonyl (C=O) groups is 2. The highest BCUT2D eigenvalue weighted by molar-refractivity contribution is 6.27. The number of alkyl halides is 1. The maximum atomic E-state index is 10.6. The molecule has 0 spiro atoms. The van der Waals surface area contributed by atoms with E-state index in [0.29, 0.717) is 13.0 Å². The fourth-order valence-corrected chi connectivity index (χ4v) is 0.868. The molecule has 0 aliphatic rings. The lowest BCUT2D eigenvalue weighted by Crippen LogP contribution is -2.25. The lowest BCUT2D eigenvalue weighted by molar-refractivity contribution is -0.118. The molecule has 1 N–H and O–H groups in total. The Morgan fingerprint density at radius 2 is 2.00 bits per heavy atom. The van der Waals surface area contributed by atoms with Gasteiger partial charge in [-0.1, -0.05) is 0 Å². The molecule has 1 amide bonds. The van der Waals surface area contributed by atoms with Crippen molar-refractivity contribution >= 4 is 23.3 Å². The molecule has 0 aromatic carbocycles. The van der Waals surface area contributed by atoms with E-state index in [0.717, 1.165) is 12.8 Å². The SMILES string of the molecule is CC(=O)CCCCNC(=O)CCl. The van der Waals surface area contributed by atoms with Crippen LogP contribution in [0.3, 0.4) is 0 Å². The van der Waals surface area contributed by atoms with Gasteiger partial charge in [-0.25, -0.2) is 0 Å². The van der Waals surface area contributed by atoms with E-state index < -0.39 is 0 Å². The molecule has 0 fully saturated rings. The van der Waals surface area contributed by atoms with Crippen LogP contribution in [-0.4, -0.2) is 24.1 Å². The molecular weight excluding hydrogens is 178 g/mol. The summed E-state index contributed by atoms with van der Waals surface area (Å²) in [5.41, 5.74) is 0. The zero-order valence-corrected chi connectivity index (χ0v) is 7.99. The van der Waals surface area contributed by atoms with Crippen LogP contribution in [0, 0.1) is 0 Å². The van der Waals surface area contributed by atoms with E-state index in [2.05, 4.69) is 5.32 Å². The van der Waals surface area contributed by atoms with Gasteiger partial charge in [-0.3, -0.25) is 4.79 Å². The highest BCUT2D eigenvalue weighted by Crippen LogP contribution is 1.94. The second-order valence-corrected chi connectivity index (χ2v) is 2.91. The van der Waals surface area contributed by atoms with E-state index >= 15 is 0 Å². The molecule has 0 heterocycles. The van der Waals surface area contributed by atoms with Crippen LogP contribution in [0.4, 0.5) is 0 Å². The van der Waals surface area contributed by atoms with Crippen LogP contribution in [0.1, 0.15) is 26.2 Å². The summed E-state index contributed by atoms with van der Waals surface area (Å²) < 4.78 is 0. The average molecular weight is 192 g/mol. The van der Waals surface area contributed by atoms with Crippen LogP contribution in [-0.2, 0) is 9.59 Å². The Kier molecular flexibility index (Phi) is 6.76. The van der Waals surface area contributed by atoms with Gasteiger partial charge in [0.25, 0.3) is 0 Å². The third-order valence-corrected chi connectivity index (χ3v) is 1.64. The third-order valence-electron chi connectivity index (χ3n) is 1.40. The second kappa shape index (κ2) is 7.10. The number of nitrogens with one attached hydrogen (secondary N) is 1. The van der Waals surface area contributed by atoms with Gasteiger partial charge in [0.05, 0.1) is 0 Å². The van der Waals surface area contributed by atoms with Crippen LogP contribution in [0.2, 0.25) is 0 Å². The first-order chi connectivity index (χ1) is 5.66. The number of rotatable bonds is 6. The van der Waals surface area contributed by atoms with Crippen LogP contribution in [0.15, 0.2) is 0 Å². The van der Waals surface area contributed by atoms with Crippen molar-refractivity contribution in [3.05, 3.63) is 0 Å². The summed E-state index contributed by atoms with van der Waals surface area (Å²) >= 11 is 5.25. The molecule has 0 unspecified atom stereocenters. The first-order valence-electron chi connectivity index (χ1n) is 3.99. The van der Waals surface area contributed by atoms with Crippen molar-refractivity contribution in [3.63, 3.8) is 0 Å². The molecule has 0 aliphatic carbocycles. The van der Waals surface area contributed by atoms with Crippen molar-refractivity contribution in [3.8, 4) is 0 Å². The molecule has 0 rings (SSSR count). The van der Waals surface area contributed by atoms with Crippen molar-refractivity contribution in [2.24, 2.45) is 0 Å². The van der Waals surface area contributed by atoms with E-state index in [1.54, 1.807) is 6.92 Å². The van der Waals surface area contributed by atoms with Crippen LogP contribution >= 0.6 is 11.6 Å². The number of halogens is 1. The number of amides is 1. The monoisotopic (exact) mass is 191 g/mol. The summed E-state index contributed by atoms with van der Waals surface area (Å²) in [6, 6.07) is 0. The minimum Gasteiger partial charge on any atom is -0.355 e. The molecule has 0 saturated heterocycles. The van der Waals surface area contributed by atoms with Crippen molar-refractivity contribution in [1.29, 1.82) is 0 Å². The summed E-state index contributed by atoms with van der Waals surface area (Å²) in [5, 5.41) is 2.62. The minimum atomic E-state index is -0.153. The third kappa shape index (κ3) is 7.54. The zero-order chi connectivity index (χ0) is 9.40. The number of ketones is 1. The lowest BCUT2D eigenvalue weighted by atomic mass is 10.2. The van der Waals surface area contributed by atoms with Gasteiger partial charge in [-0.05, 0) is 19.8 Å². The molecule has 0 radical (unpaired) electrons. The second-order valence-electron chi connectivity index (χ2n) is 2.64. The van der Waals surface area contributed by atoms with E-state index in [9.17, 15) is 9.59 Å². The van der Waals surface area contributed by atoms with E-state index in [-0.39, 0.29) is 17.6 Å². The lowest BCUT2D eigenvalue weighted by Gasteiger charge is -2.00. The standard InChI is InChI=1S/C8H14ClNO2/c1-7(11)4-2-3-5-10-8(12)6-9/h2-6H2,1H3,(H,10,12). The Hall–Kier alpha value is -0.570. The molecule has 0 saturated carbocycles. The fourth-order valence-electron chi connectivity index (χ4n) is 0.774. The molecule has 4 heteroatoms. The van der Waals surface area contributed by atoms with Crippen molar-refractivity contribution in [2.45, 2.75) is 26.2 Å². The molecule has 0 aliphatic heterocycles. The van der Waals surface area contributed by atoms with Gasteiger partial charge in [0.2, 0.25) is 5.91 Å². The predicted octanol–water partition coefficient (Wildman–Crippen LogP) is 1.10. The molecule has 0 aromatic heterocycles. The molecule has 0 bridgehead atoms. The van der Waals surface area contributed by atoms with Gasteiger partial charge in [-0.15, -0.1) is 11.6 Å². The van der Waals surface area contributed by atoms with Crippen LogP contribution < -0.4 is 5.32 Å². The normalized spacial score (nSPS) is 9.50. The zero-order valence-electron chi connectivity index (χ0n) is 7.23. The Labute approximate surface area is 77.5 Å². The molecule has 0 atom stereocenters. The number of unbranched alkanes of at least 4 members (excludes halogenated alkanes) is 1. The van der Waals surface area contributed by atoms with Crippen molar-refractivity contribution in [2.75, 3.05) is 12.4 Å². The topological polar surface area (TPSA) is 46.2 Å². The van der Waals surface area contributed by atoms with Crippen molar-refractivity contribution < 1.29 is 9.59 Å². The summed E-state index contributed by atoms with van der Waals surface area (Å²) in [6.45, 7) is 2.18. The highest BCUT2D eigenvalue weighted by Gasteiger charge is 1.97. The number of carbonyl (C=O) groups excluding carboxylic acids is 2. The predicted molar refractivity (Wildman–Crippen MR) is 48.3 cm³/mol. The molecular formula is C8H14ClNO2. The molecule has 12 heavy (non-hydrogen) atoms.